The number of aliphatic hydroxyl groups excluding tert-OH is 1. The van der Waals surface area contributed by atoms with Crippen LogP contribution in [0.1, 0.15) is 30.1 Å². The third-order valence-electron chi connectivity index (χ3n) is 5.24. The lowest BCUT2D eigenvalue weighted by Crippen LogP contribution is -2.18. The molecule has 0 saturated heterocycles. The first-order valence-corrected chi connectivity index (χ1v) is 12.4. The molecule has 0 aliphatic heterocycles. The molecular weight excluding hydrogens is 448 g/mol. The minimum absolute atomic E-state index is 0.117. The maximum atomic E-state index is 13.2. The first-order valence-electron chi connectivity index (χ1n) is 10.6. The van der Waals surface area contributed by atoms with Crippen LogP contribution in [0.4, 0.5) is 14.5 Å². The lowest BCUT2D eigenvalue weighted by atomic mass is 9.91. The zero-order chi connectivity index (χ0) is 23.8. The minimum Gasteiger partial charge on any atom is -0.388 e. The van der Waals surface area contributed by atoms with Gasteiger partial charge in [0.2, 0.25) is 0 Å². The molecule has 5 nitrogen and oxygen atoms in total. The smallest absolute Gasteiger partial charge is 0.306 e. The van der Waals surface area contributed by atoms with Crippen molar-refractivity contribution in [2.45, 2.75) is 25.4 Å². The third-order valence-corrected chi connectivity index (χ3v) is 5.73. The van der Waals surface area contributed by atoms with E-state index in [0.717, 1.165) is 17.5 Å². The van der Waals surface area contributed by atoms with Crippen LogP contribution >= 0.6 is 0 Å². The van der Waals surface area contributed by atoms with Crippen molar-refractivity contribution in [1.29, 1.82) is 0 Å². The van der Waals surface area contributed by atoms with Gasteiger partial charge in [-0.1, -0.05) is 24.3 Å². The van der Waals surface area contributed by atoms with E-state index in [1.54, 1.807) is 36.4 Å². The summed E-state index contributed by atoms with van der Waals surface area (Å²) < 4.78 is 53.8. The van der Waals surface area contributed by atoms with Gasteiger partial charge in [-0.25, -0.2) is 8.78 Å². The number of anilines is 1. The van der Waals surface area contributed by atoms with Crippen LogP contribution in [0, 0.1) is 17.6 Å². The third kappa shape index (κ3) is 8.47. The lowest BCUT2D eigenvalue weighted by molar-refractivity contribution is 0.157. The van der Waals surface area contributed by atoms with Crippen molar-refractivity contribution in [3.05, 3.63) is 95.6 Å². The van der Waals surface area contributed by atoms with E-state index in [1.807, 2.05) is 12.1 Å². The number of aliphatic hydroxyl groups is 1. The summed E-state index contributed by atoms with van der Waals surface area (Å²) in [7, 11) is -3.59. The molecule has 0 aliphatic carbocycles. The van der Waals surface area contributed by atoms with Crippen LogP contribution in [-0.2, 0) is 16.5 Å². The molecule has 1 unspecified atom stereocenters. The maximum Gasteiger partial charge on any atom is 0.306 e. The van der Waals surface area contributed by atoms with Crippen LogP contribution in [-0.4, -0.2) is 26.3 Å². The Morgan fingerprint density at radius 1 is 0.879 bits per heavy atom. The summed E-state index contributed by atoms with van der Waals surface area (Å²) in [6.45, 7) is 0.587. The van der Waals surface area contributed by atoms with Crippen molar-refractivity contribution in [2.75, 3.05) is 18.1 Å². The largest absolute Gasteiger partial charge is 0.388 e. The van der Waals surface area contributed by atoms with Gasteiger partial charge >= 0.3 is 10.1 Å². The van der Waals surface area contributed by atoms with E-state index in [2.05, 4.69) is 5.32 Å². The first kappa shape index (κ1) is 24.7. The standard InChI is InChI=1S/C25H27F2NO4S/c1-33(30,31)32-24-13-2-18(3-14-24)16-19(17-28-23-11-9-22(27)10-12-23)4-15-25(29)20-5-7-21(26)8-6-20/h2-3,5-14,19,25,28-29H,4,15-17H2,1H3/t19-,25?/m1/s1. The summed E-state index contributed by atoms with van der Waals surface area (Å²) in [4.78, 5) is 0. The van der Waals surface area contributed by atoms with Gasteiger partial charge in [0.25, 0.3) is 0 Å². The van der Waals surface area contributed by atoms with Gasteiger partial charge in [-0.05, 0) is 84.8 Å². The Labute approximate surface area is 193 Å². The fourth-order valence-electron chi connectivity index (χ4n) is 3.54. The van der Waals surface area contributed by atoms with Gasteiger partial charge in [-0.2, -0.15) is 8.42 Å². The van der Waals surface area contributed by atoms with Crippen LogP contribution in [0.25, 0.3) is 0 Å². The summed E-state index contributed by atoms with van der Waals surface area (Å²) >= 11 is 0. The van der Waals surface area contributed by atoms with Gasteiger partial charge in [-0.3, -0.25) is 0 Å². The minimum atomic E-state index is -3.59. The van der Waals surface area contributed by atoms with E-state index in [9.17, 15) is 22.3 Å². The Morgan fingerprint density at radius 3 is 2.03 bits per heavy atom. The second-order valence-corrected chi connectivity index (χ2v) is 9.61. The normalized spacial score (nSPS) is 13.3. The Morgan fingerprint density at radius 2 is 1.45 bits per heavy atom. The van der Waals surface area contributed by atoms with Gasteiger partial charge in [0.05, 0.1) is 12.4 Å². The predicted octanol–water partition coefficient (Wildman–Crippen LogP) is 5.09. The molecule has 33 heavy (non-hydrogen) atoms. The summed E-state index contributed by atoms with van der Waals surface area (Å²) in [6.07, 6.45) is 2.10. The van der Waals surface area contributed by atoms with Crippen LogP contribution < -0.4 is 9.50 Å². The van der Waals surface area contributed by atoms with Gasteiger partial charge in [0.1, 0.15) is 17.4 Å². The van der Waals surface area contributed by atoms with Gasteiger partial charge in [0, 0.05) is 12.2 Å². The second kappa shape index (κ2) is 11.2. The molecule has 0 spiro atoms. The van der Waals surface area contributed by atoms with Crippen LogP contribution in [0.5, 0.6) is 5.75 Å². The molecule has 2 N–H and O–H groups in total. The Bertz CT molecular complexity index is 1120. The molecule has 3 aromatic rings. The van der Waals surface area contributed by atoms with Gasteiger partial charge in [0.15, 0.2) is 0 Å². The Kier molecular flexibility index (Phi) is 8.41. The molecule has 0 amide bonds. The summed E-state index contributed by atoms with van der Waals surface area (Å²) in [5.41, 5.74) is 2.43. The molecule has 3 rings (SSSR count). The molecule has 2 atom stereocenters. The number of rotatable bonds is 11. The first-order chi connectivity index (χ1) is 15.7. The van der Waals surface area contributed by atoms with Crippen molar-refractivity contribution in [1.82, 2.24) is 0 Å². The molecular formula is C25H27F2NO4S. The topological polar surface area (TPSA) is 75.6 Å². The fraction of sp³-hybridized carbons (Fsp3) is 0.280. The quantitative estimate of drug-likeness (QED) is 0.378. The monoisotopic (exact) mass is 475 g/mol. The molecule has 0 aromatic heterocycles. The average molecular weight is 476 g/mol. The highest BCUT2D eigenvalue weighted by molar-refractivity contribution is 7.86. The fourth-order valence-corrected chi connectivity index (χ4v) is 4.00. The molecule has 0 radical (unpaired) electrons. The van der Waals surface area contributed by atoms with Crippen molar-refractivity contribution in [2.24, 2.45) is 5.92 Å². The molecule has 0 saturated carbocycles. The van der Waals surface area contributed by atoms with Crippen molar-refractivity contribution < 1.29 is 26.5 Å². The van der Waals surface area contributed by atoms with Crippen molar-refractivity contribution in [3.63, 3.8) is 0 Å². The molecule has 0 aliphatic rings. The number of hydrogen-bond acceptors (Lipinski definition) is 5. The number of nitrogens with one attached hydrogen (secondary N) is 1. The average Bonchev–Trinajstić information content (AvgIpc) is 2.77. The van der Waals surface area contributed by atoms with E-state index < -0.39 is 16.2 Å². The highest BCUT2D eigenvalue weighted by Gasteiger charge is 2.15. The molecule has 0 bridgehead atoms. The van der Waals surface area contributed by atoms with Crippen LogP contribution in [0.15, 0.2) is 72.8 Å². The zero-order valence-electron chi connectivity index (χ0n) is 18.2. The molecule has 0 heterocycles. The zero-order valence-corrected chi connectivity index (χ0v) is 19.1. The van der Waals surface area contributed by atoms with E-state index in [0.29, 0.717) is 31.4 Å². The lowest BCUT2D eigenvalue weighted by Gasteiger charge is -2.21. The molecule has 8 heteroatoms. The number of hydrogen-bond donors (Lipinski definition) is 2. The van der Waals surface area contributed by atoms with E-state index in [4.69, 9.17) is 4.18 Å². The highest BCUT2D eigenvalue weighted by Crippen LogP contribution is 2.25. The summed E-state index contributed by atoms with van der Waals surface area (Å²) in [6, 6.07) is 18.7. The SMILES string of the molecule is CS(=O)(=O)Oc1ccc(C[C@@H](CCC(O)c2ccc(F)cc2)CNc2ccc(F)cc2)cc1. The molecule has 176 valence electrons. The van der Waals surface area contributed by atoms with Crippen molar-refractivity contribution in [3.8, 4) is 5.75 Å². The number of benzene rings is 3. The number of halogens is 2. The highest BCUT2D eigenvalue weighted by atomic mass is 32.2. The van der Waals surface area contributed by atoms with Gasteiger partial charge in [-0.15, -0.1) is 0 Å². The molecule has 3 aromatic carbocycles. The Hall–Kier alpha value is -2.97. The van der Waals surface area contributed by atoms with E-state index in [1.165, 1.54) is 24.3 Å². The van der Waals surface area contributed by atoms with Gasteiger partial charge < -0.3 is 14.6 Å². The second-order valence-electron chi connectivity index (χ2n) is 8.03. The summed E-state index contributed by atoms with van der Waals surface area (Å²) in [5, 5.41) is 13.8. The maximum absolute atomic E-state index is 13.2. The predicted molar refractivity (Wildman–Crippen MR) is 125 cm³/mol. The van der Waals surface area contributed by atoms with E-state index >= 15 is 0 Å². The van der Waals surface area contributed by atoms with E-state index in [-0.39, 0.29) is 23.3 Å². The Balaban J connectivity index is 1.66. The van der Waals surface area contributed by atoms with Crippen molar-refractivity contribution >= 4 is 15.8 Å². The van der Waals surface area contributed by atoms with Crippen LogP contribution in [0.3, 0.4) is 0 Å². The molecule has 0 fully saturated rings. The van der Waals surface area contributed by atoms with Crippen LogP contribution in [0.2, 0.25) is 0 Å². The summed E-state index contributed by atoms with van der Waals surface area (Å²) in [5.74, 6) is -0.299.